The van der Waals surface area contributed by atoms with E-state index in [0.717, 1.165) is 17.0 Å². The maximum absolute atomic E-state index is 13.0. The number of rotatable bonds is 7. The van der Waals surface area contributed by atoms with Crippen LogP contribution in [0.4, 0.5) is 0 Å². The average molecular weight is 401 g/mol. The number of nitrogens with one attached hydrogen (secondary N) is 1. The second-order valence-corrected chi connectivity index (χ2v) is 7.24. The minimum absolute atomic E-state index is 0.0303. The summed E-state index contributed by atoms with van der Waals surface area (Å²) in [6.07, 6.45) is 2.39. The molecular weight excluding hydrogens is 376 g/mol. The van der Waals surface area contributed by atoms with Gasteiger partial charge in [0, 0.05) is 12.7 Å². The fourth-order valence-corrected chi connectivity index (χ4v) is 3.41. The second-order valence-electron chi connectivity index (χ2n) is 6.80. The topological polar surface area (TPSA) is 58.9 Å². The first-order chi connectivity index (χ1) is 13.4. The third-order valence-electron chi connectivity index (χ3n) is 4.78. The molecule has 0 aliphatic heterocycles. The van der Waals surface area contributed by atoms with Crippen LogP contribution in [-0.2, 0) is 6.42 Å². The van der Waals surface area contributed by atoms with Crippen molar-refractivity contribution >= 4 is 23.2 Å². The van der Waals surface area contributed by atoms with Gasteiger partial charge in [0.05, 0.1) is 23.9 Å². The number of likely N-dealkylation sites (N-methyl/N-ethyl adjacent to an activating group) is 1. The van der Waals surface area contributed by atoms with E-state index in [4.69, 9.17) is 16.3 Å². The van der Waals surface area contributed by atoms with Crippen LogP contribution in [0.5, 0.6) is 5.75 Å². The van der Waals surface area contributed by atoms with Gasteiger partial charge in [-0.3, -0.25) is 9.20 Å². The molecule has 1 aromatic carbocycles. The third-order valence-corrected chi connectivity index (χ3v) is 5.01. The lowest BCUT2D eigenvalue weighted by Crippen LogP contribution is -2.35. The molecule has 0 saturated heterocycles. The largest absolute Gasteiger partial charge is 0.497 e. The maximum Gasteiger partial charge on any atom is 0.270 e. The lowest BCUT2D eigenvalue weighted by molar-refractivity contribution is 0.0935. The van der Waals surface area contributed by atoms with Gasteiger partial charge in [0.2, 0.25) is 0 Å². The van der Waals surface area contributed by atoms with Crippen LogP contribution in [0.3, 0.4) is 0 Å². The highest BCUT2D eigenvalue weighted by molar-refractivity contribution is 6.30. The monoisotopic (exact) mass is 400 g/mol. The molecule has 0 radical (unpaired) electrons. The molecule has 0 fully saturated rings. The van der Waals surface area contributed by atoms with Crippen LogP contribution >= 0.6 is 11.6 Å². The van der Waals surface area contributed by atoms with Crippen LogP contribution < -0.4 is 10.1 Å². The summed E-state index contributed by atoms with van der Waals surface area (Å²) in [4.78, 5) is 19.6. The molecule has 3 aromatic rings. The standard InChI is InChI=1S/C21H25ClN4O2/c1-5-17-20(26-13-15(22)8-11-19(26)24-17)21(27)23-12-18(25(2)3)14-6-9-16(28-4)10-7-14/h6-11,13,18H,5,12H2,1-4H3,(H,23,27). The van der Waals surface area contributed by atoms with Crippen LogP contribution in [0.2, 0.25) is 5.02 Å². The number of hydrogen-bond acceptors (Lipinski definition) is 4. The van der Waals surface area contributed by atoms with Gasteiger partial charge >= 0.3 is 0 Å². The normalized spacial score (nSPS) is 12.4. The Kier molecular flexibility index (Phi) is 6.21. The Morgan fingerprint density at radius 2 is 1.96 bits per heavy atom. The number of halogens is 1. The van der Waals surface area contributed by atoms with Crippen molar-refractivity contribution < 1.29 is 9.53 Å². The number of carbonyl (C=O) groups is 1. The number of carbonyl (C=O) groups excluding carboxylic acids is 1. The van der Waals surface area contributed by atoms with E-state index in [1.165, 1.54) is 0 Å². The summed E-state index contributed by atoms with van der Waals surface area (Å²) in [5, 5.41) is 3.63. The number of benzene rings is 1. The van der Waals surface area contributed by atoms with Crippen LogP contribution in [0.25, 0.3) is 5.65 Å². The van der Waals surface area contributed by atoms with Crippen LogP contribution in [0.15, 0.2) is 42.6 Å². The molecule has 1 atom stereocenters. The number of amides is 1. The van der Waals surface area contributed by atoms with Crippen LogP contribution in [0, 0.1) is 0 Å². The maximum atomic E-state index is 13.0. The van der Waals surface area contributed by atoms with Gasteiger partial charge in [0.1, 0.15) is 17.1 Å². The summed E-state index contributed by atoms with van der Waals surface area (Å²) in [6.45, 7) is 2.45. The minimum atomic E-state index is -0.160. The quantitative estimate of drug-likeness (QED) is 0.658. The van der Waals surface area contributed by atoms with E-state index in [1.807, 2.05) is 51.4 Å². The number of aromatic nitrogens is 2. The van der Waals surface area contributed by atoms with Crippen molar-refractivity contribution in [2.75, 3.05) is 27.7 Å². The molecule has 0 saturated carbocycles. The molecule has 6 nitrogen and oxygen atoms in total. The molecule has 0 aliphatic rings. The van der Waals surface area contributed by atoms with E-state index in [0.29, 0.717) is 29.3 Å². The zero-order chi connectivity index (χ0) is 20.3. The molecule has 1 N–H and O–H groups in total. The first kappa shape index (κ1) is 20.2. The Labute approximate surface area is 170 Å². The number of imidazole rings is 1. The van der Waals surface area contributed by atoms with Crippen molar-refractivity contribution in [1.29, 1.82) is 0 Å². The fourth-order valence-electron chi connectivity index (χ4n) is 3.25. The van der Waals surface area contributed by atoms with Crippen molar-refractivity contribution in [3.63, 3.8) is 0 Å². The van der Waals surface area contributed by atoms with Crippen molar-refractivity contribution in [3.8, 4) is 5.75 Å². The number of methoxy groups -OCH3 is 1. The molecule has 1 amide bonds. The van der Waals surface area contributed by atoms with Gasteiger partial charge in [-0.2, -0.15) is 0 Å². The number of nitrogens with zero attached hydrogens (tertiary/aromatic N) is 3. The van der Waals surface area contributed by atoms with Crippen LogP contribution in [0.1, 0.15) is 34.7 Å². The molecule has 0 bridgehead atoms. The zero-order valence-corrected chi connectivity index (χ0v) is 17.3. The molecule has 1 unspecified atom stereocenters. The summed E-state index contributed by atoms with van der Waals surface area (Å²) < 4.78 is 6.99. The van der Waals surface area contributed by atoms with E-state index in [2.05, 4.69) is 15.2 Å². The average Bonchev–Trinajstić information content (AvgIpc) is 3.06. The van der Waals surface area contributed by atoms with Gasteiger partial charge in [-0.05, 0) is 50.3 Å². The SMILES string of the molecule is CCc1nc2ccc(Cl)cn2c1C(=O)NCC(c1ccc(OC)cc1)N(C)C. The molecule has 7 heteroatoms. The van der Waals surface area contributed by atoms with Gasteiger partial charge in [0.25, 0.3) is 5.91 Å². The summed E-state index contributed by atoms with van der Waals surface area (Å²) in [5.41, 5.74) is 3.10. The molecular formula is C21H25ClN4O2. The van der Waals surface area contributed by atoms with Crippen molar-refractivity contribution in [2.45, 2.75) is 19.4 Å². The molecule has 0 aliphatic carbocycles. The Bertz CT molecular complexity index is 966. The molecule has 2 aromatic heterocycles. The third kappa shape index (κ3) is 4.13. The Morgan fingerprint density at radius 3 is 2.57 bits per heavy atom. The van der Waals surface area contributed by atoms with E-state index >= 15 is 0 Å². The summed E-state index contributed by atoms with van der Waals surface area (Å²) in [7, 11) is 5.63. The van der Waals surface area contributed by atoms with Gasteiger partial charge in [0.15, 0.2) is 0 Å². The van der Waals surface area contributed by atoms with Gasteiger partial charge < -0.3 is 15.0 Å². The molecule has 28 heavy (non-hydrogen) atoms. The summed E-state index contributed by atoms with van der Waals surface area (Å²) in [6, 6.07) is 11.5. The Morgan fingerprint density at radius 1 is 1.25 bits per heavy atom. The van der Waals surface area contributed by atoms with E-state index in [9.17, 15) is 4.79 Å². The van der Waals surface area contributed by atoms with E-state index < -0.39 is 0 Å². The Balaban J connectivity index is 1.83. The minimum Gasteiger partial charge on any atom is -0.497 e. The number of ether oxygens (including phenoxy) is 1. The fraction of sp³-hybridized carbons (Fsp3) is 0.333. The van der Waals surface area contributed by atoms with Crippen molar-refractivity contribution in [2.24, 2.45) is 0 Å². The summed E-state index contributed by atoms with van der Waals surface area (Å²) in [5.74, 6) is 0.646. The second kappa shape index (κ2) is 8.63. The van der Waals surface area contributed by atoms with Gasteiger partial charge in [-0.25, -0.2) is 4.98 Å². The zero-order valence-electron chi connectivity index (χ0n) is 16.6. The number of hydrogen-bond donors (Lipinski definition) is 1. The van der Waals surface area contributed by atoms with Crippen molar-refractivity contribution in [3.05, 3.63) is 64.6 Å². The summed E-state index contributed by atoms with van der Waals surface area (Å²) >= 11 is 6.12. The lowest BCUT2D eigenvalue weighted by Gasteiger charge is -2.25. The number of fused-ring (bicyclic) bond motifs is 1. The molecule has 148 valence electrons. The van der Waals surface area contributed by atoms with E-state index in [1.54, 1.807) is 23.8 Å². The number of aryl methyl sites for hydroxylation is 1. The Hall–Kier alpha value is -2.57. The highest BCUT2D eigenvalue weighted by atomic mass is 35.5. The number of pyridine rings is 1. The molecule has 2 heterocycles. The molecule has 0 spiro atoms. The molecule has 3 rings (SSSR count). The highest BCUT2D eigenvalue weighted by Gasteiger charge is 2.21. The highest BCUT2D eigenvalue weighted by Crippen LogP contribution is 2.22. The van der Waals surface area contributed by atoms with E-state index in [-0.39, 0.29) is 11.9 Å². The van der Waals surface area contributed by atoms with Gasteiger partial charge in [-0.15, -0.1) is 0 Å². The first-order valence-corrected chi connectivity index (χ1v) is 9.57. The predicted molar refractivity (Wildman–Crippen MR) is 111 cm³/mol. The predicted octanol–water partition coefficient (Wildman–Crippen LogP) is 3.59. The van der Waals surface area contributed by atoms with Gasteiger partial charge in [-0.1, -0.05) is 30.7 Å². The lowest BCUT2D eigenvalue weighted by atomic mass is 10.1. The van der Waals surface area contributed by atoms with Crippen molar-refractivity contribution in [1.82, 2.24) is 19.6 Å². The smallest absolute Gasteiger partial charge is 0.270 e. The van der Waals surface area contributed by atoms with Crippen LogP contribution in [-0.4, -0.2) is 47.9 Å². The first-order valence-electron chi connectivity index (χ1n) is 9.19.